The lowest BCUT2D eigenvalue weighted by Gasteiger charge is -2.33. The molecule has 1 aliphatic rings. The Labute approximate surface area is 146 Å². The Kier molecular flexibility index (Phi) is 5.63. The first-order chi connectivity index (χ1) is 11.7. The van der Waals surface area contributed by atoms with E-state index in [1.807, 2.05) is 0 Å². The average Bonchev–Trinajstić information content (AvgIpc) is 2.57. The van der Waals surface area contributed by atoms with Crippen molar-refractivity contribution in [2.75, 3.05) is 32.8 Å². The molecule has 1 fully saturated rings. The molecule has 0 aliphatic carbocycles. The minimum Gasteiger partial charge on any atom is -0.450 e. The van der Waals surface area contributed by atoms with Crippen LogP contribution in [0.3, 0.4) is 0 Å². The van der Waals surface area contributed by atoms with Crippen LogP contribution in [-0.4, -0.2) is 61.4 Å². The maximum atomic E-state index is 12.8. The van der Waals surface area contributed by atoms with E-state index in [1.54, 1.807) is 20.8 Å². The lowest BCUT2D eigenvalue weighted by molar-refractivity contribution is -0.385. The van der Waals surface area contributed by atoms with Crippen LogP contribution in [0.1, 0.15) is 18.1 Å². The first-order valence-electron chi connectivity index (χ1n) is 7.86. The number of nitrogens with zero attached hydrogens (tertiary/aromatic N) is 3. The Balaban J connectivity index is 2.23. The summed E-state index contributed by atoms with van der Waals surface area (Å²) >= 11 is 0. The quantitative estimate of drug-likeness (QED) is 0.588. The van der Waals surface area contributed by atoms with Crippen LogP contribution in [0.2, 0.25) is 0 Å². The number of aryl methyl sites for hydroxylation is 1. The highest BCUT2D eigenvalue weighted by Gasteiger charge is 2.32. The number of carbonyl (C=O) groups excluding carboxylic acids is 1. The van der Waals surface area contributed by atoms with Crippen molar-refractivity contribution in [3.63, 3.8) is 0 Å². The summed E-state index contributed by atoms with van der Waals surface area (Å²) in [5.41, 5.74) is 0.762. The molecule has 0 aromatic heterocycles. The topological polar surface area (TPSA) is 110 Å². The molecule has 2 rings (SSSR count). The van der Waals surface area contributed by atoms with Crippen molar-refractivity contribution in [2.24, 2.45) is 0 Å². The predicted octanol–water partition coefficient (Wildman–Crippen LogP) is 1.67. The van der Waals surface area contributed by atoms with E-state index in [2.05, 4.69) is 0 Å². The molecule has 1 saturated heterocycles. The van der Waals surface area contributed by atoms with Gasteiger partial charge in [-0.2, -0.15) is 4.31 Å². The molecule has 0 atom stereocenters. The summed E-state index contributed by atoms with van der Waals surface area (Å²) in [4.78, 5) is 23.6. The standard InChI is InChI=1S/C15H21N3O6S/c1-4-24-15(19)16-5-7-17(8-6-16)25(22,23)13-9-11(2)12(3)14(10-13)18(20)21/h9-10H,4-8H2,1-3H3. The maximum absolute atomic E-state index is 12.8. The van der Waals surface area contributed by atoms with Crippen molar-refractivity contribution in [3.8, 4) is 0 Å². The van der Waals surface area contributed by atoms with Gasteiger partial charge in [0, 0.05) is 37.8 Å². The summed E-state index contributed by atoms with van der Waals surface area (Å²) in [6, 6.07) is 2.53. The second kappa shape index (κ2) is 7.36. The van der Waals surface area contributed by atoms with Crippen LogP contribution in [0.5, 0.6) is 0 Å². The molecule has 0 saturated carbocycles. The van der Waals surface area contributed by atoms with Gasteiger partial charge < -0.3 is 9.64 Å². The molecule has 1 aliphatic heterocycles. The second-order valence-electron chi connectivity index (χ2n) is 5.73. The van der Waals surface area contributed by atoms with Gasteiger partial charge in [-0.1, -0.05) is 0 Å². The minimum absolute atomic E-state index is 0.105. The van der Waals surface area contributed by atoms with Crippen LogP contribution in [0.15, 0.2) is 17.0 Å². The highest BCUT2D eigenvalue weighted by atomic mass is 32.2. The lowest BCUT2D eigenvalue weighted by Crippen LogP contribution is -2.50. The largest absolute Gasteiger partial charge is 0.450 e. The summed E-state index contributed by atoms with van der Waals surface area (Å²) in [5.74, 6) is 0. The van der Waals surface area contributed by atoms with Crippen LogP contribution < -0.4 is 0 Å². The van der Waals surface area contributed by atoms with Crippen LogP contribution in [-0.2, 0) is 14.8 Å². The summed E-state index contributed by atoms with van der Waals surface area (Å²) < 4.78 is 31.7. The Morgan fingerprint density at radius 1 is 1.24 bits per heavy atom. The van der Waals surface area contributed by atoms with Gasteiger partial charge in [-0.05, 0) is 32.4 Å². The van der Waals surface area contributed by atoms with Crippen LogP contribution in [0.25, 0.3) is 0 Å². The molecule has 0 radical (unpaired) electrons. The molecule has 10 heteroatoms. The second-order valence-corrected chi connectivity index (χ2v) is 7.67. The summed E-state index contributed by atoms with van der Waals surface area (Å²) in [5, 5.41) is 11.1. The van der Waals surface area contributed by atoms with Gasteiger partial charge in [0.15, 0.2) is 0 Å². The molecule has 138 valence electrons. The molecule has 0 N–H and O–H groups in total. The number of amides is 1. The Hall–Kier alpha value is -2.20. The monoisotopic (exact) mass is 371 g/mol. The molecule has 1 heterocycles. The van der Waals surface area contributed by atoms with Gasteiger partial charge >= 0.3 is 6.09 Å². The average molecular weight is 371 g/mol. The summed E-state index contributed by atoms with van der Waals surface area (Å²) in [6.07, 6.45) is -0.471. The highest BCUT2D eigenvalue weighted by Crippen LogP contribution is 2.28. The number of benzene rings is 1. The van der Waals surface area contributed by atoms with E-state index in [-0.39, 0.29) is 43.4 Å². The highest BCUT2D eigenvalue weighted by molar-refractivity contribution is 7.89. The third-order valence-electron chi connectivity index (χ3n) is 4.21. The minimum atomic E-state index is -3.87. The van der Waals surface area contributed by atoms with Gasteiger partial charge in [-0.15, -0.1) is 0 Å². The number of nitro benzene ring substituents is 1. The number of sulfonamides is 1. The van der Waals surface area contributed by atoms with Crippen molar-refractivity contribution < 1.29 is 22.9 Å². The van der Waals surface area contributed by atoms with Gasteiger partial charge in [0.1, 0.15) is 0 Å². The summed E-state index contributed by atoms with van der Waals surface area (Å²) in [7, 11) is -3.87. The number of rotatable bonds is 4. The molecule has 9 nitrogen and oxygen atoms in total. The molecular weight excluding hydrogens is 350 g/mol. The Bertz CT molecular complexity index is 785. The summed E-state index contributed by atoms with van der Waals surface area (Å²) in [6.45, 7) is 5.83. The number of ether oxygens (including phenoxy) is 1. The van der Waals surface area contributed by atoms with Crippen LogP contribution >= 0.6 is 0 Å². The number of hydrogen-bond acceptors (Lipinski definition) is 6. The van der Waals surface area contributed by atoms with E-state index in [9.17, 15) is 23.3 Å². The van der Waals surface area contributed by atoms with Gasteiger partial charge in [0.25, 0.3) is 5.69 Å². The zero-order valence-electron chi connectivity index (χ0n) is 14.4. The number of nitro groups is 1. The fourth-order valence-electron chi connectivity index (χ4n) is 2.62. The maximum Gasteiger partial charge on any atom is 0.409 e. The molecule has 1 aromatic rings. The van der Waals surface area contributed by atoms with Gasteiger partial charge in [-0.3, -0.25) is 10.1 Å². The van der Waals surface area contributed by atoms with Crippen molar-refractivity contribution >= 4 is 21.8 Å². The smallest absolute Gasteiger partial charge is 0.409 e. The fourth-order valence-corrected chi connectivity index (χ4v) is 4.15. The Morgan fingerprint density at radius 3 is 2.36 bits per heavy atom. The van der Waals surface area contributed by atoms with Crippen molar-refractivity contribution in [1.82, 2.24) is 9.21 Å². The van der Waals surface area contributed by atoms with E-state index in [4.69, 9.17) is 4.74 Å². The Morgan fingerprint density at radius 2 is 1.84 bits per heavy atom. The number of piperazine rings is 1. The van der Waals surface area contributed by atoms with Gasteiger partial charge in [0.05, 0.1) is 16.4 Å². The van der Waals surface area contributed by atoms with E-state index >= 15 is 0 Å². The predicted molar refractivity (Wildman–Crippen MR) is 89.9 cm³/mol. The third kappa shape index (κ3) is 3.90. The SMILES string of the molecule is CCOC(=O)N1CCN(S(=O)(=O)c2cc(C)c(C)c([N+](=O)[O-])c2)CC1. The molecule has 1 aromatic carbocycles. The fraction of sp³-hybridized carbons (Fsp3) is 0.533. The zero-order valence-corrected chi connectivity index (χ0v) is 15.2. The molecule has 0 spiro atoms. The number of hydrogen-bond donors (Lipinski definition) is 0. The molecular formula is C15H21N3O6S. The van der Waals surface area contributed by atoms with Gasteiger partial charge in [0.2, 0.25) is 10.0 Å². The van der Waals surface area contributed by atoms with Crippen molar-refractivity contribution in [1.29, 1.82) is 0 Å². The van der Waals surface area contributed by atoms with E-state index in [0.29, 0.717) is 11.1 Å². The molecule has 1 amide bonds. The van der Waals surface area contributed by atoms with Crippen molar-refractivity contribution in [2.45, 2.75) is 25.7 Å². The van der Waals surface area contributed by atoms with Crippen LogP contribution in [0, 0.1) is 24.0 Å². The first kappa shape index (κ1) is 19.1. The lowest BCUT2D eigenvalue weighted by atomic mass is 10.1. The zero-order chi connectivity index (χ0) is 18.8. The van der Waals surface area contributed by atoms with Crippen molar-refractivity contribution in [3.05, 3.63) is 33.4 Å². The van der Waals surface area contributed by atoms with Gasteiger partial charge in [-0.25, -0.2) is 13.2 Å². The van der Waals surface area contributed by atoms with E-state index in [1.165, 1.54) is 15.3 Å². The number of carbonyl (C=O) groups is 1. The first-order valence-corrected chi connectivity index (χ1v) is 9.30. The van der Waals surface area contributed by atoms with E-state index < -0.39 is 21.0 Å². The van der Waals surface area contributed by atoms with E-state index in [0.717, 1.165) is 6.07 Å². The normalized spacial score (nSPS) is 15.9. The molecule has 0 bridgehead atoms. The van der Waals surface area contributed by atoms with Crippen LogP contribution in [0.4, 0.5) is 10.5 Å². The molecule has 0 unspecified atom stereocenters. The molecule has 25 heavy (non-hydrogen) atoms. The third-order valence-corrected chi connectivity index (χ3v) is 6.09.